The minimum absolute atomic E-state index is 0.470. The van der Waals surface area contributed by atoms with E-state index in [1.54, 1.807) is 0 Å². The van der Waals surface area contributed by atoms with Crippen molar-refractivity contribution in [3.8, 4) is 0 Å². The van der Waals surface area contributed by atoms with E-state index in [-0.39, 0.29) is 0 Å². The Morgan fingerprint density at radius 1 is 1.10 bits per heavy atom. The number of rotatable bonds is 9. The summed E-state index contributed by atoms with van der Waals surface area (Å²) in [6.07, 6.45) is 0.877. The lowest BCUT2D eigenvalue weighted by molar-refractivity contribution is -0.153. The van der Waals surface area contributed by atoms with Crippen molar-refractivity contribution >= 4 is 30.2 Å². The average Bonchev–Trinajstić information content (AvgIpc) is 2.41. The Balaban J connectivity index is 5.29. The molecule has 6 nitrogen and oxygen atoms in total. The van der Waals surface area contributed by atoms with Crippen LogP contribution in [0.1, 0.15) is 34.6 Å². The molecule has 0 aliphatic heterocycles. The molecule has 0 fully saturated rings. The van der Waals surface area contributed by atoms with Crippen molar-refractivity contribution in [2.75, 3.05) is 12.9 Å². The second kappa shape index (κ2) is 7.51. The maximum atomic E-state index is 12.4. The Labute approximate surface area is 128 Å². The standard InChI is InChI=1S/C13H26O6SSi/c1-7-21(8-2,9-3)19-12(15)13(5,11(4)14)10-18-20(6,16)17/h7-10H2,1-6H3. The van der Waals surface area contributed by atoms with E-state index < -0.39 is 42.2 Å². The summed E-state index contributed by atoms with van der Waals surface area (Å²) in [4.78, 5) is 24.2. The van der Waals surface area contributed by atoms with Crippen LogP contribution in [0.3, 0.4) is 0 Å². The molecular formula is C13H26O6SSi. The summed E-state index contributed by atoms with van der Waals surface area (Å²) < 4.78 is 32.5. The fourth-order valence-electron chi connectivity index (χ4n) is 1.80. The van der Waals surface area contributed by atoms with E-state index in [9.17, 15) is 18.0 Å². The van der Waals surface area contributed by atoms with Crippen molar-refractivity contribution in [2.45, 2.75) is 52.8 Å². The van der Waals surface area contributed by atoms with Crippen LogP contribution in [0.15, 0.2) is 0 Å². The van der Waals surface area contributed by atoms with Crippen LogP contribution in [0, 0.1) is 5.41 Å². The van der Waals surface area contributed by atoms with E-state index in [1.165, 1.54) is 13.8 Å². The summed E-state index contributed by atoms with van der Waals surface area (Å²) in [5, 5.41) is 0. The Morgan fingerprint density at radius 3 is 1.81 bits per heavy atom. The lowest BCUT2D eigenvalue weighted by Crippen LogP contribution is -2.48. The summed E-state index contributed by atoms with van der Waals surface area (Å²) >= 11 is 0. The Morgan fingerprint density at radius 2 is 1.52 bits per heavy atom. The van der Waals surface area contributed by atoms with Crippen LogP contribution in [0.2, 0.25) is 18.1 Å². The summed E-state index contributed by atoms with van der Waals surface area (Å²) in [7, 11) is -5.95. The molecule has 0 heterocycles. The van der Waals surface area contributed by atoms with Crippen LogP contribution in [0.4, 0.5) is 0 Å². The summed E-state index contributed by atoms with van der Waals surface area (Å²) in [5.74, 6) is -1.15. The van der Waals surface area contributed by atoms with E-state index >= 15 is 0 Å². The molecular weight excluding hydrogens is 312 g/mol. The monoisotopic (exact) mass is 338 g/mol. The predicted octanol–water partition coefficient (Wildman–Crippen LogP) is 2.11. The molecule has 0 aliphatic rings. The minimum Gasteiger partial charge on any atom is -0.518 e. The van der Waals surface area contributed by atoms with Gasteiger partial charge >= 0.3 is 5.97 Å². The number of carbonyl (C=O) groups is 2. The average molecular weight is 338 g/mol. The van der Waals surface area contributed by atoms with Gasteiger partial charge in [0.15, 0.2) is 0 Å². The van der Waals surface area contributed by atoms with Gasteiger partial charge in [0.1, 0.15) is 11.2 Å². The van der Waals surface area contributed by atoms with Gasteiger partial charge in [-0.05, 0) is 32.0 Å². The third-order valence-electron chi connectivity index (χ3n) is 4.03. The molecule has 124 valence electrons. The van der Waals surface area contributed by atoms with Gasteiger partial charge in [-0.2, -0.15) is 8.42 Å². The van der Waals surface area contributed by atoms with Crippen LogP contribution >= 0.6 is 0 Å². The molecule has 0 saturated carbocycles. The molecule has 0 saturated heterocycles. The minimum atomic E-state index is -3.73. The highest BCUT2D eigenvalue weighted by Gasteiger charge is 2.45. The summed E-state index contributed by atoms with van der Waals surface area (Å²) in [6.45, 7) is 7.96. The molecule has 8 heteroatoms. The number of Topliss-reactive ketones (excluding diaryl/α,β-unsaturated/α-hetero) is 1. The van der Waals surface area contributed by atoms with Crippen LogP contribution in [-0.2, 0) is 28.3 Å². The maximum absolute atomic E-state index is 12.4. The van der Waals surface area contributed by atoms with Gasteiger partial charge in [-0.3, -0.25) is 13.8 Å². The van der Waals surface area contributed by atoms with Crippen molar-refractivity contribution < 1.29 is 26.6 Å². The van der Waals surface area contributed by atoms with E-state index in [0.717, 1.165) is 24.4 Å². The smallest absolute Gasteiger partial charge is 0.308 e. The highest BCUT2D eigenvalue weighted by Crippen LogP contribution is 2.28. The van der Waals surface area contributed by atoms with Gasteiger partial charge in [0.05, 0.1) is 12.9 Å². The Bertz CT molecular complexity index is 475. The van der Waals surface area contributed by atoms with Crippen molar-refractivity contribution in [2.24, 2.45) is 5.41 Å². The van der Waals surface area contributed by atoms with Gasteiger partial charge < -0.3 is 4.43 Å². The van der Waals surface area contributed by atoms with Gasteiger partial charge in [-0.1, -0.05) is 20.8 Å². The lowest BCUT2D eigenvalue weighted by atomic mass is 9.88. The Kier molecular flexibility index (Phi) is 7.24. The second-order valence-corrected chi connectivity index (χ2v) is 11.8. The molecule has 1 unspecified atom stereocenters. The molecule has 0 aliphatic carbocycles. The van der Waals surface area contributed by atoms with Crippen molar-refractivity contribution in [1.29, 1.82) is 0 Å². The molecule has 21 heavy (non-hydrogen) atoms. The molecule has 1 atom stereocenters. The molecule has 0 N–H and O–H groups in total. The molecule has 0 bridgehead atoms. The van der Waals surface area contributed by atoms with Gasteiger partial charge in [-0.25, -0.2) is 0 Å². The zero-order chi connectivity index (χ0) is 16.9. The van der Waals surface area contributed by atoms with Crippen molar-refractivity contribution in [3.05, 3.63) is 0 Å². The molecule has 0 aromatic heterocycles. The van der Waals surface area contributed by atoms with Gasteiger partial charge in [0, 0.05) is 0 Å². The first kappa shape index (κ1) is 20.3. The number of carbonyl (C=O) groups excluding carboxylic acids is 2. The van der Waals surface area contributed by atoms with Crippen LogP contribution < -0.4 is 0 Å². The van der Waals surface area contributed by atoms with E-state index in [4.69, 9.17) is 4.43 Å². The maximum Gasteiger partial charge on any atom is 0.308 e. The largest absolute Gasteiger partial charge is 0.518 e. The third-order valence-corrected chi connectivity index (χ3v) is 9.06. The van der Waals surface area contributed by atoms with Gasteiger partial charge in [-0.15, -0.1) is 0 Å². The molecule has 0 aromatic carbocycles. The molecule has 0 radical (unpaired) electrons. The van der Waals surface area contributed by atoms with E-state index in [2.05, 4.69) is 4.18 Å². The van der Waals surface area contributed by atoms with Crippen LogP contribution in [0.25, 0.3) is 0 Å². The highest BCUT2D eigenvalue weighted by molar-refractivity contribution is 7.85. The van der Waals surface area contributed by atoms with Crippen molar-refractivity contribution in [3.63, 3.8) is 0 Å². The van der Waals surface area contributed by atoms with Crippen LogP contribution in [-0.4, -0.2) is 41.4 Å². The van der Waals surface area contributed by atoms with Gasteiger partial charge in [0.2, 0.25) is 0 Å². The fourth-order valence-corrected chi connectivity index (χ4v) is 4.81. The summed E-state index contributed by atoms with van der Waals surface area (Å²) in [5.41, 5.74) is -1.60. The fraction of sp³-hybridized carbons (Fsp3) is 0.846. The molecule has 0 aromatic rings. The molecule has 0 spiro atoms. The quantitative estimate of drug-likeness (QED) is 0.363. The second-order valence-electron chi connectivity index (χ2n) is 5.49. The molecule has 0 rings (SSSR count). The third kappa shape index (κ3) is 5.52. The topological polar surface area (TPSA) is 86.7 Å². The lowest BCUT2D eigenvalue weighted by Gasteiger charge is -2.33. The van der Waals surface area contributed by atoms with E-state index in [0.29, 0.717) is 0 Å². The van der Waals surface area contributed by atoms with Crippen LogP contribution in [0.5, 0.6) is 0 Å². The predicted molar refractivity (Wildman–Crippen MR) is 82.9 cm³/mol. The zero-order valence-corrected chi connectivity index (χ0v) is 15.5. The number of hydrogen-bond acceptors (Lipinski definition) is 6. The molecule has 0 amide bonds. The Hall–Kier alpha value is -0.733. The van der Waals surface area contributed by atoms with E-state index in [1.807, 2.05) is 20.8 Å². The first-order valence-electron chi connectivity index (χ1n) is 7.05. The first-order chi connectivity index (χ1) is 9.46. The SMILES string of the molecule is CC[Si](CC)(CC)OC(=O)C(C)(COS(C)(=O)=O)C(C)=O. The summed E-state index contributed by atoms with van der Waals surface area (Å²) in [6, 6.07) is 2.27. The normalized spacial score (nSPS) is 15.3. The number of ketones is 1. The van der Waals surface area contributed by atoms with Crippen molar-refractivity contribution in [1.82, 2.24) is 0 Å². The highest BCUT2D eigenvalue weighted by atomic mass is 32.2. The zero-order valence-electron chi connectivity index (χ0n) is 13.7. The first-order valence-corrected chi connectivity index (χ1v) is 11.4. The number of hydrogen-bond donors (Lipinski definition) is 0. The van der Waals surface area contributed by atoms with Gasteiger partial charge in [0.25, 0.3) is 18.4 Å².